The van der Waals surface area contributed by atoms with Crippen molar-refractivity contribution >= 4 is 40.3 Å². The van der Waals surface area contributed by atoms with E-state index in [0.29, 0.717) is 46.5 Å². The van der Waals surface area contributed by atoms with Crippen molar-refractivity contribution in [2.45, 2.75) is 51.9 Å². The number of nitrogens with zero attached hydrogens (tertiary/aromatic N) is 4. The zero-order chi connectivity index (χ0) is 21.7. The molecule has 0 aliphatic carbocycles. The Hall–Kier alpha value is -2.32. The van der Waals surface area contributed by atoms with Gasteiger partial charge in [-0.1, -0.05) is 48.8 Å². The average molecular weight is 448 g/mol. The maximum atomic E-state index is 13.4. The Labute approximate surface area is 184 Å². The van der Waals surface area contributed by atoms with Crippen LogP contribution in [0.15, 0.2) is 34.2 Å². The number of aryl methyl sites for hydroxylation is 2. The Morgan fingerprint density at radius 3 is 2.63 bits per heavy atom. The quantitative estimate of drug-likeness (QED) is 0.307. The summed E-state index contributed by atoms with van der Waals surface area (Å²) in [5, 5.41) is 8.49. The van der Waals surface area contributed by atoms with Gasteiger partial charge in [0.2, 0.25) is 5.91 Å². The number of hydrogen-bond acceptors (Lipinski definition) is 5. The number of carbonyl (C=O) groups excluding carboxylic acids is 1. The molecule has 0 atom stereocenters. The largest absolute Gasteiger partial charge is 0.355 e. The summed E-state index contributed by atoms with van der Waals surface area (Å²) in [7, 11) is 0. The molecule has 0 radical (unpaired) electrons. The molecule has 9 heteroatoms. The molecule has 3 rings (SSSR count). The average Bonchev–Trinajstić information content (AvgIpc) is 3.06. The van der Waals surface area contributed by atoms with Crippen LogP contribution in [0.5, 0.6) is 0 Å². The highest BCUT2D eigenvalue weighted by atomic mass is 35.5. The van der Waals surface area contributed by atoms with Crippen LogP contribution in [0.4, 0.5) is 0 Å². The van der Waals surface area contributed by atoms with Crippen molar-refractivity contribution < 1.29 is 4.79 Å². The summed E-state index contributed by atoms with van der Waals surface area (Å²) in [4.78, 5) is 30.3. The fourth-order valence-corrected chi connectivity index (χ4v) is 4.07. The van der Waals surface area contributed by atoms with Gasteiger partial charge in [-0.25, -0.2) is 4.98 Å². The molecule has 0 fully saturated rings. The monoisotopic (exact) mass is 447 g/mol. The van der Waals surface area contributed by atoms with E-state index in [9.17, 15) is 9.59 Å². The topological polar surface area (TPSA) is 81.8 Å². The molecule has 30 heavy (non-hydrogen) atoms. The lowest BCUT2D eigenvalue weighted by Gasteiger charge is -2.13. The minimum Gasteiger partial charge on any atom is -0.355 e. The van der Waals surface area contributed by atoms with Crippen molar-refractivity contribution in [2.75, 3.05) is 12.3 Å². The van der Waals surface area contributed by atoms with Crippen molar-refractivity contribution in [1.29, 1.82) is 0 Å². The molecule has 2 aromatic heterocycles. The molecule has 0 aliphatic rings. The van der Waals surface area contributed by atoms with Gasteiger partial charge < -0.3 is 5.32 Å². The summed E-state index contributed by atoms with van der Waals surface area (Å²) in [6, 6.07) is 7.35. The molecular formula is C21H26ClN5O2S. The molecule has 3 aromatic rings. The maximum Gasteiger partial charge on any atom is 0.280 e. The van der Waals surface area contributed by atoms with Crippen molar-refractivity contribution in [3.05, 3.63) is 50.9 Å². The molecule has 1 N–H and O–H groups in total. The van der Waals surface area contributed by atoms with E-state index in [2.05, 4.69) is 17.3 Å². The Balaban J connectivity index is 1.98. The standard InChI is InChI=1S/C21H26ClN5O2S/c1-4-6-11-23-17(28)13-30-21-24-18-14(3)25-27(5-2)19(18)20(29)26(21)12-15-7-9-16(22)10-8-15/h7-10H,4-6,11-13H2,1-3H3,(H,23,28). The molecule has 7 nitrogen and oxygen atoms in total. The lowest BCUT2D eigenvalue weighted by Crippen LogP contribution is -2.28. The van der Waals surface area contributed by atoms with Crippen LogP contribution in [0, 0.1) is 6.92 Å². The third-order valence-electron chi connectivity index (χ3n) is 4.72. The highest BCUT2D eigenvalue weighted by Crippen LogP contribution is 2.21. The molecule has 160 valence electrons. The van der Waals surface area contributed by atoms with E-state index >= 15 is 0 Å². The SMILES string of the molecule is CCCCNC(=O)CSc1nc2c(C)nn(CC)c2c(=O)n1Cc1ccc(Cl)cc1. The normalized spacial score (nSPS) is 11.2. The number of carbonyl (C=O) groups is 1. The van der Waals surface area contributed by atoms with Crippen LogP contribution in [-0.2, 0) is 17.9 Å². The number of fused-ring (bicyclic) bond motifs is 1. The number of halogens is 1. The predicted octanol–water partition coefficient (Wildman–Crippen LogP) is 3.63. The number of thioether (sulfide) groups is 1. The van der Waals surface area contributed by atoms with Gasteiger partial charge in [0.25, 0.3) is 5.56 Å². The molecule has 0 saturated carbocycles. The third kappa shape index (κ3) is 5.05. The van der Waals surface area contributed by atoms with Gasteiger partial charge in [-0.05, 0) is 38.0 Å². The van der Waals surface area contributed by atoms with Gasteiger partial charge in [-0.2, -0.15) is 5.10 Å². The Morgan fingerprint density at radius 1 is 1.23 bits per heavy atom. The lowest BCUT2D eigenvalue weighted by molar-refractivity contribution is -0.118. The predicted molar refractivity (Wildman–Crippen MR) is 121 cm³/mol. The Morgan fingerprint density at radius 2 is 1.97 bits per heavy atom. The summed E-state index contributed by atoms with van der Waals surface area (Å²) in [6.07, 6.45) is 1.96. The van der Waals surface area contributed by atoms with E-state index in [4.69, 9.17) is 16.6 Å². The third-order valence-corrected chi connectivity index (χ3v) is 5.95. The second-order valence-electron chi connectivity index (χ2n) is 7.00. The minimum absolute atomic E-state index is 0.0678. The second-order valence-corrected chi connectivity index (χ2v) is 8.38. The molecule has 0 spiro atoms. The first-order chi connectivity index (χ1) is 14.4. The van der Waals surface area contributed by atoms with Gasteiger partial charge in [0, 0.05) is 18.1 Å². The van der Waals surface area contributed by atoms with Gasteiger partial charge >= 0.3 is 0 Å². The van der Waals surface area contributed by atoms with Crippen LogP contribution in [0.25, 0.3) is 11.0 Å². The number of hydrogen-bond donors (Lipinski definition) is 1. The number of rotatable bonds is 9. The van der Waals surface area contributed by atoms with Gasteiger partial charge in [0.05, 0.1) is 18.0 Å². The first-order valence-corrected chi connectivity index (χ1v) is 11.4. The zero-order valence-corrected chi connectivity index (χ0v) is 19.0. The highest BCUT2D eigenvalue weighted by Gasteiger charge is 2.19. The number of benzene rings is 1. The second kappa shape index (κ2) is 10.1. The van der Waals surface area contributed by atoms with Gasteiger partial charge in [-0.3, -0.25) is 18.8 Å². The van der Waals surface area contributed by atoms with Crippen LogP contribution in [-0.4, -0.2) is 37.5 Å². The maximum absolute atomic E-state index is 13.4. The zero-order valence-electron chi connectivity index (χ0n) is 17.4. The smallest absolute Gasteiger partial charge is 0.280 e. The Kier molecular flexibility index (Phi) is 7.55. The van der Waals surface area contributed by atoms with Crippen molar-refractivity contribution in [1.82, 2.24) is 24.6 Å². The van der Waals surface area contributed by atoms with Crippen molar-refractivity contribution in [2.24, 2.45) is 0 Å². The fourth-order valence-electron chi connectivity index (χ4n) is 3.12. The highest BCUT2D eigenvalue weighted by molar-refractivity contribution is 7.99. The molecular weight excluding hydrogens is 422 g/mol. The van der Waals surface area contributed by atoms with Gasteiger partial charge in [0.15, 0.2) is 10.7 Å². The van der Waals surface area contributed by atoms with Gasteiger partial charge in [0.1, 0.15) is 5.52 Å². The molecule has 2 heterocycles. The first kappa shape index (κ1) is 22.4. The van der Waals surface area contributed by atoms with E-state index in [-0.39, 0.29) is 17.2 Å². The fraction of sp³-hybridized carbons (Fsp3) is 0.429. The Bertz CT molecular complexity index is 1090. The lowest BCUT2D eigenvalue weighted by atomic mass is 10.2. The summed E-state index contributed by atoms with van der Waals surface area (Å²) in [5.41, 5.74) is 2.54. The summed E-state index contributed by atoms with van der Waals surface area (Å²) >= 11 is 7.26. The molecule has 0 unspecified atom stereocenters. The summed E-state index contributed by atoms with van der Waals surface area (Å²) in [5.74, 6) is 0.130. The number of nitrogens with one attached hydrogen (secondary N) is 1. The minimum atomic E-state index is -0.161. The number of aromatic nitrogens is 4. The number of unbranched alkanes of at least 4 members (excludes halogenated alkanes) is 1. The number of amides is 1. The van der Waals surface area contributed by atoms with E-state index in [1.165, 1.54) is 11.8 Å². The summed E-state index contributed by atoms with van der Waals surface area (Å²) in [6.45, 7) is 7.44. The van der Waals surface area contributed by atoms with Gasteiger partial charge in [-0.15, -0.1) is 0 Å². The van der Waals surface area contributed by atoms with Crippen molar-refractivity contribution in [3.8, 4) is 0 Å². The van der Waals surface area contributed by atoms with E-state index < -0.39 is 0 Å². The first-order valence-electron chi connectivity index (χ1n) is 10.1. The molecule has 0 saturated heterocycles. The van der Waals surface area contributed by atoms with Crippen LogP contribution >= 0.6 is 23.4 Å². The molecule has 1 aromatic carbocycles. The van der Waals surface area contributed by atoms with Crippen LogP contribution in [0.2, 0.25) is 5.02 Å². The van der Waals surface area contributed by atoms with E-state index in [0.717, 1.165) is 18.4 Å². The van der Waals surface area contributed by atoms with Crippen LogP contribution in [0.3, 0.4) is 0 Å². The molecule has 0 aliphatic heterocycles. The molecule has 1 amide bonds. The van der Waals surface area contributed by atoms with Crippen LogP contribution < -0.4 is 10.9 Å². The van der Waals surface area contributed by atoms with E-state index in [1.807, 2.05) is 26.0 Å². The van der Waals surface area contributed by atoms with Crippen LogP contribution in [0.1, 0.15) is 37.9 Å². The van der Waals surface area contributed by atoms with Crippen molar-refractivity contribution in [3.63, 3.8) is 0 Å². The molecule has 0 bridgehead atoms. The van der Waals surface area contributed by atoms with E-state index in [1.54, 1.807) is 21.4 Å². The summed E-state index contributed by atoms with van der Waals surface area (Å²) < 4.78 is 3.30.